The maximum absolute atomic E-state index is 4.14. The number of hydrogen-bond acceptors (Lipinski definition) is 0. The lowest BCUT2D eigenvalue weighted by molar-refractivity contribution is 1.57. The van der Waals surface area contributed by atoms with E-state index < -0.39 is 0 Å². The average Bonchev–Trinajstić information content (AvgIpc) is 2.83. The highest BCUT2D eigenvalue weighted by Crippen LogP contribution is 2.30. The zero-order chi connectivity index (χ0) is 23.6. The van der Waals surface area contributed by atoms with Gasteiger partial charge in [0.05, 0.1) is 0 Å². The van der Waals surface area contributed by atoms with Gasteiger partial charge in [-0.2, -0.15) is 0 Å². The van der Waals surface area contributed by atoms with Gasteiger partial charge in [0.1, 0.15) is 0 Å². The first-order valence-corrected chi connectivity index (χ1v) is 13.7. The summed E-state index contributed by atoms with van der Waals surface area (Å²) in [5, 5.41) is 2.47. The lowest BCUT2D eigenvalue weighted by atomic mass is 9.94. The lowest BCUT2D eigenvalue weighted by Crippen LogP contribution is -1.87. The van der Waals surface area contributed by atoms with E-state index >= 15 is 0 Å². The van der Waals surface area contributed by atoms with E-state index in [0.29, 0.717) is 0 Å². The summed E-state index contributed by atoms with van der Waals surface area (Å²) in [6.07, 6.45) is 11.6. The maximum Gasteiger partial charge on any atom is -0.0105 e. The minimum atomic E-state index is 0.0109. The molecule has 0 amide bonds. The Morgan fingerprint density at radius 1 is 0.818 bits per heavy atom. The number of fused-ring (bicyclic) bond motifs is 1. The zero-order valence-electron chi connectivity index (χ0n) is 20.0. The Morgan fingerprint density at radius 3 is 2.24 bits per heavy atom. The molecule has 0 unspecified atom stereocenters. The normalized spacial score (nSPS) is 11.6. The minimum absolute atomic E-state index is 0.0109. The summed E-state index contributed by atoms with van der Waals surface area (Å²) < 4.78 is 0. The number of benzene rings is 2. The van der Waals surface area contributed by atoms with Crippen LogP contribution in [0.25, 0.3) is 39.6 Å². The third-order valence-electron chi connectivity index (χ3n) is 5.53. The second-order valence-electron chi connectivity index (χ2n) is 8.18. The van der Waals surface area contributed by atoms with E-state index in [1.165, 1.54) is 27.5 Å². The molecule has 33 heavy (non-hydrogen) atoms. The van der Waals surface area contributed by atoms with E-state index in [1.807, 2.05) is 12.2 Å². The SMILES string of the molecule is C=Cc1ccccc(C(/C=C\C)=C/CP(C)C)ccc(-c2ccc3ccccc3c2)c1C=C. The fourth-order valence-electron chi connectivity index (χ4n) is 3.83. The third-order valence-corrected chi connectivity index (χ3v) is 6.45. The molecule has 0 heterocycles. The summed E-state index contributed by atoms with van der Waals surface area (Å²) in [6, 6.07) is 28.0. The molecule has 0 aliphatic carbocycles. The average molecular weight is 449 g/mol. The summed E-state index contributed by atoms with van der Waals surface area (Å²) in [5.41, 5.74) is 6.87. The molecule has 0 aliphatic heterocycles. The van der Waals surface area contributed by atoms with Crippen molar-refractivity contribution >= 4 is 36.4 Å². The van der Waals surface area contributed by atoms with Gasteiger partial charge >= 0.3 is 0 Å². The van der Waals surface area contributed by atoms with Crippen LogP contribution in [0.3, 0.4) is 0 Å². The van der Waals surface area contributed by atoms with Crippen LogP contribution >= 0.6 is 7.92 Å². The molecule has 0 radical (unpaired) electrons. The summed E-state index contributed by atoms with van der Waals surface area (Å²) in [7, 11) is 0.0109. The second-order valence-corrected chi connectivity index (χ2v) is 10.7. The Kier molecular flexibility index (Phi) is 8.99. The van der Waals surface area contributed by atoms with E-state index in [1.54, 1.807) is 0 Å². The fourth-order valence-corrected chi connectivity index (χ4v) is 4.39. The van der Waals surface area contributed by atoms with Crippen LogP contribution in [0, 0.1) is 0 Å². The molecule has 0 N–H and O–H groups in total. The van der Waals surface area contributed by atoms with Crippen molar-refractivity contribution in [2.45, 2.75) is 6.92 Å². The quantitative estimate of drug-likeness (QED) is 0.249. The van der Waals surface area contributed by atoms with E-state index in [9.17, 15) is 0 Å². The molecule has 166 valence electrons. The van der Waals surface area contributed by atoms with Crippen LogP contribution in [-0.4, -0.2) is 19.5 Å². The highest BCUT2D eigenvalue weighted by Gasteiger charge is 2.06. The van der Waals surface area contributed by atoms with Gasteiger partial charge in [-0.15, -0.1) is 7.92 Å². The van der Waals surface area contributed by atoms with Crippen LogP contribution in [0.15, 0.2) is 110 Å². The fraction of sp³-hybridized carbons (Fsp3) is 0.125. The Bertz CT molecular complexity index is 1260. The molecule has 1 heteroatoms. The molecule has 3 aromatic carbocycles. The van der Waals surface area contributed by atoms with Crippen LogP contribution < -0.4 is 0 Å². The largest absolute Gasteiger partial charge is 0.109 e. The van der Waals surface area contributed by atoms with E-state index in [4.69, 9.17) is 0 Å². The van der Waals surface area contributed by atoms with Crippen molar-refractivity contribution in [1.82, 2.24) is 0 Å². The second kappa shape index (κ2) is 12.1. The van der Waals surface area contributed by atoms with E-state index in [0.717, 1.165) is 22.9 Å². The van der Waals surface area contributed by atoms with Crippen LogP contribution in [0.5, 0.6) is 0 Å². The van der Waals surface area contributed by atoms with Crippen LogP contribution in [0.2, 0.25) is 0 Å². The highest BCUT2D eigenvalue weighted by atomic mass is 31.1. The summed E-state index contributed by atoms with van der Waals surface area (Å²) in [4.78, 5) is 0. The van der Waals surface area contributed by atoms with Crippen molar-refractivity contribution in [2.75, 3.05) is 19.5 Å². The maximum atomic E-state index is 4.14. The van der Waals surface area contributed by atoms with Gasteiger partial charge in [0.25, 0.3) is 0 Å². The predicted molar refractivity (Wildman–Crippen MR) is 154 cm³/mol. The number of rotatable bonds is 7. The number of hydrogen-bond donors (Lipinski definition) is 0. The Morgan fingerprint density at radius 2 is 1.55 bits per heavy atom. The molecule has 0 aliphatic rings. The highest BCUT2D eigenvalue weighted by molar-refractivity contribution is 7.56. The molecule has 3 aromatic rings. The van der Waals surface area contributed by atoms with Crippen molar-refractivity contribution in [3.8, 4) is 11.1 Å². The molecule has 0 nitrogen and oxygen atoms in total. The minimum Gasteiger partial charge on any atom is -0.109 e. The standard InChI is InChI=1S/C32H33P/c1-6-13-26(22-23-33(4)5)27-15-10-9-14-25(7-2)31(8-3)32(21-20-27)30-19-18-28-16-11-12-17-29(28)24-30/h6-22,24H,2-3,23H2,1,4-5H3/b10-9?,13-6-,14-9?,15-10?,21-20?,25-14?,26-22+,27-15?,27-20?,31-25?,32-21?,32-31?. The lowest BCUT2D eigenvalue weighted by Gasteiger charge is -2.10. The topological polar surface area (TPSA) is 0 Å². The van der Waals surface area contributed by atoms with E-state index in [-0.39, 0.29) is 7.92 Å². The molecule has 3 rings (SSSR count). The third kappa shape index (κ3) is 6.41. The Labute approximate surface area is 200 Å². The zero-order valence-corrected chi connectivity index (χ0v) is 20.9. The van der Waals surface area contributed by atoms with Gasteiger partial charge in [-0.25, -0.2) is 0 Å². The first-order valence-electron chi connectivity index (χ1n) is 11.3. The van der Waals surface area contributed by atoms with Gasteiger partial charge in [0.15, 0.2) is 0 Å². The molecular weight excluding hydrogens is 415 g/mol. The molecule has 0 saturated carbocycles. The Balaban J connectivity index is 2.33. The molecule has 0 atom stereocenters. The van der Waals surface area contributed by atoms with Gasteiger partial charge in [0.2, 0.25) is 0 Å². The molecule has 0 saturated heterocycles. The van der Waals surface area contributed by atoms with Crippen LogP contribution in [-0.2, 0) is 0 Å². The summed E-state index contributed by atoms with van der Waals surface area (Å²) in [5.74, 6) is 0. The van der Waals surface area contributed by atoms with Crippen LogP contribution in [0.1, 0.15) is 23.6 Å². The molecule has 0 fully saturated rings. The first kappa shape index (κ1) is 24.4. The summed E-state index contributed by atoms with van der Waals surface area (Å²) in [6.45, 7) is 14.9. The molecular formula is C32H33P. The predicted octanol–water partition coefficient (Wildman–Crippen LogP) is 9.62. The Hall–Kier alpha value is -3.21. The molecule has 0 spiro atoms. The van der Waals surface area contributed by atoms with Gasteiger partial charge in [0, 0.05) is 0 Å². The van der Waals surface area contributed by atoms with Crippen molar-refractivity contribution < 1.29 is 0 Å². The van der Waals surface area contributed by atoms with Crippen molar-refractivity contribution in [3.05, 3.63) is 127 Å². The van der Waals surface area contributed by atoms with Crippen molar-refractivity contribution in [2.24, 2.45) is 0 Å². The van der Waals surface area contributed by atoms with Gasteiger partial charge in [-0.1, -0.05) is 116 Å². The van der Waals surface area contributed by atoms with E-state index in [2.05, 4.69) is 131 Å². The monoisotopic (exact) mass is 448 g/mol. The first-order chi connectivity index (χ1) is 16.1. The smallest absolute Gasteiger partial charge is 0.0105 e. The molecule has 0 aromatic heterocycles. The summed E-state index contributed by atoms with van der Waals surface area (Å²) >= 11 is 0. The van der Waals surface area contributed by atoms with Gasteiger partial charge in [-0.05, 0) is 76.6 Å². The number of allylic oxidation sites excluding steroid dienone is 4. The molecule has 0 bridgehead atoms. The van der Waals surface area contributed by atoms with Crippen molar-refractivity contribution in [1.29, 1.82) is 0 Å². The van der Waals surface area contributed by atoms with Crippen LogP contribution in [0.4, 0.5) is 0 Å². The van der Waals surface area contributed by atoms with Gasteiger partial charge < -0.3 is 0 Å². The van der Waals surface area contributed by atoms with Gasteiger partial charge in [-0.3, -0.25) is 0 Å². The van der Waals surface area contributed by atoms with Crippen molar-refractivity contribution in [3.63, 3.8) is 0 Å².